The minimum absolute atomic E-state index is 0.240. The summed E-state index contributed by atoms with van der Waals surface area (Å²) in [6.07, 6.45) is 1.10. The number of hydrogen-bond donors (Lipinski definition) is 0. The molecule has 1 aliphatic rings. The first-order chi connectivity index (χ1) is 13.6. The predicted molar refractivity (Wildman–Crippen MR) is 116 cm³/mol. The third-order valence-corrected chi connectivity index (χ3v) is 6.96. The lowest BCUT2D eigenvalue weighted by Crippen LogP contribution is -2.52. The van der Waals surface area contributed by atoms with Crippen LogP contribution in [0.5, 0.6) is 0 Å². The molecule has 156 valence electrons. The highest BCUT2D eigenvalue weighted by atomic mass is 79.9. The van der Waals surface area contributed by atoms with Crippen LogP contribution in [0, 0.1) is 12.7 Å². The van der Waals surface area contributed by atoms with E-state index in [4.69, 9.17) is 0 Å². The second-order valence-electron chi connectivity index (χ2n) is 7.05. The van der Waals surface area contributed by atoms with Gasteiger partial charge in [0.15, 0.2) is 0 Å². The molecule has 2 aromatic carbocycles. The number of anilines is 2. The summed E-state index contributed by atoms with van der Waals surface area (Å²) in [6.45, 7) is 3.79. The molecule has 0 aliphatic carbocycles. The second-order valence-corrected chi connectivity index (χ2v) is 9.81. The fourth-order valence-electron chi connectivity index (χ4n) is 3.27. The highest BCUT2D eigenvalue weighted by Crippen LogP contribution is 2.25. The fraction of sp³-hybridized carbons (Fsp3) is 0.350. The number of sulfonamides is 1. The monoisotopic (exact) mass is 483 g/mol. The first-order valence-electron chi connectivity index (χ1n) is 9.17. The number of piperazine rings is 1. The zero-order valence-corrected chi connectivity index (χ0v) is 18.7. The average molecular weight is 484 g/mol. The Morgan fingerprint density at radius 1 is 1.10 bits per heavy atom. The normalized spacial score (nSPS) is 14.8. The topological polar surface area (TPSA) is 60.9 Å². The van der Waals surface area contributed by atoms with Gasteiger partial charge in [-0.1, -0.05) is 15.9 Å². The molecule has 0 radical (unpaired) electrons. The fourth-order valence-corrected chi connectivity index (χ4v) is 4.36. The Kier molecular flexibility index (Phi) is 6.48. The number of halogens is 2. The van der Waals surface area contributed by atoms with E-state index in [0.29, 0.717) is 31.9 Å². The Hall–Kier alpha value is -2.13. The van der Waals surface area contributed by atoms with Gasteiger partial charge in [-0.25, -0.2) is 12.8 Å². The van der Waals surface area contributed by atoms with E-state index in [0.717, 1.165) is 26.3 Å². The van der Waals surface area contributed by atoms with Gasteiger partial charge in [-0.3, -0.25) is 9.10 Å². The number of rotatable bonds is 5. The van der Waals surface area contributed by atoms with Gasteiger partial charge in [0.1, 0.15) is 12.4 Å². The van der Waals surface area contributed by atoms with Gasteiger partial charge in [-0.2, -0.15) is 0 Å². The maximum atomic E-state index is 13.1. The zero-order chi connectivity index (χ0) is 21.2. The first-order valence-corrected chi connectivity index (χ1v) is 11.8. The number of carbonyl (C=O) groups excluding carboxylic acids is 1. The molecule has 9 heteroatoms. The number of amides is 1. The second kappa shape index (κ2) is 8.71. The van der Waals surface area contributed by atoms with Crippen LogP contribution >= 0.6 is 15.9 Å². The van der Waals surface area contributed by atoms with E-state index in [1.807, 2.05) is 6.92 Å². The SMILES string of the molecule is Cc1cc(N(CC(=O)N2CCN(c3ccc(F)cc3)CC2)S(C)(=O)=O)ccc1Br. The van der Waals surface area contributed by atoms with Gasteiger partial charge in [-0.05, 0) is 55.0 Å². The summed E-state index contributed by atoms with van der Waals surface area (Å²) in [4.78, 5) is 16.6. The van der Waals surface area contributed by atoms with Crippen LogP contribution in [0.15, 0.2) is 46.9 Å². The summed E-state index contributed by atoms with van der Waals surface area (Å²) in [5, 5.41) is 0. The Labute approximate surface area is 179 Å². The van der Waals surface area contributed by atoms with Crippen molar-refractivity contribution in [2.75, 3.05) is 48.2 Å². The van der Waals surface area contributed by atoms with Crippen molar-refractivity contribution >= 4 is 43.2 Å². The van der Waals surface area contributed by atoms with Gasteiger partial charge in [0, 0.05) is 36.3 Å². The Morgan fingerprint density at radius 3 is 2.28 bits per heavy atom. The summed E-state index contributed by atoms with van der Waals surface area (Å²) in [6, 6.07) is 11.5. The Bertz CT molecular complexity index is 991. The van der Waals surface area contributed by atoms with Crippen LogP contribution in [0.25, 0.3) is 0 Å². The quantitative estimate of drug-likeness (QED) is 0.655. The van der Waals surface area contributed by atoms with Crippen LogP contribution < -0.4 is 9.21 Å². The molecule has 1 fully saturated rings. The van der Waals surface area contributed by atoms with Gasteiger partial charge < -0.3 is 9.80 Å². The first kappa shape index (κ1) is 21.6. The molecule has 0 bridgehead atoms. The molecule has 1 amide bonds. The molecule has 1 aliphatic heterocycles. The molecule has 0 aromatic heterocycles. The maximum absolute atomic E-state index is 13.1. The summed E-state index contributed by atoms with van der Waals surface area (Å²) in [5.41, 5.74) is 2.25. The van der Waals surface area contributed by atoms with Crippen LogP contribution in [0.2, 0.25) is 0 Å². The van der Waals surface area contributed by atoms with Gasteiger partial charge in [0.25, 0.3) is 0 Å². The molecule has 0 spiro atoms. The maximum Gasteiger partial charge on any atom is 0.243 e. The summed E-state index contributed by atoms with van der Waals surface area (Å²) in [5.74, 6) is -0.527. The van der Waals surface area contributed by atoms with E-state index in [1.54, 1.807) is 35.2 Å². The van der Waals surface area contributed by atoms with Gasteiger partial charge in [0.2, 0.25) is 15.9 Å². The minimum Gasteiger partial charge on any atom is -0.368 e. The van der Waals surface area contributed by atoms with E-state index in [2.05, 4.69) is 20.8 Å². The predicted octanol–water partition coefficient (Wildman–Crippen LogP) is 3.01. The van der Waals surface area contributed by atoms with E-state index < -0.39 is 10.0 Å². The van der Waals surface area contributed by atoms with Gasteiger partial charge in [0.05, 0.1) is 11.9 Å². The van der Waals surface area contributed by atoms with Crippen molar-refractivity contribution in [3.8, 4) is 0 Å². The summed E-state index contributed by atoms with van der Waals surface area (Å²) >= 11 is 3.40. The zero-order valence-electron chi connectivity index (χ0n) is 16.3. The number of nitrogens with zero attached hydrogens (tertiary/aromatic N) is 3. The van der Waals surface area contributed by atoms with Crippen molar-refractivity contribution < 1.29 is 17.6 Å². The third-order valence-electron chi connectivity index (χ3n) is 4.93. The van der Waals surface area contributed by atoms with E-state index in [9.17, 15) is 17.6 Å². The van der Waals surface area contributed by atoms with Crippen molar-refractivity contribution in [1.82, 2.24) is 4.90 Å². The molecule has 1 heterocycles. The molecular formula is C20H23BrFN3O3S. The van der Waals surface area contributed by atoms with Crippen LogP contribution in [0.1, 0.15) is 5.56 Å². The molecule has 6 nitrogen and oxygen atoms in total. The largest absolute Gasteiger partial charge is 0.368 e. The number of aryl methyl sites for hydroxylation is 1. The molecule has 2 aromatic rings. The highest BCUT2D eigenvalue weighted by molar-refractivity contribution is 9.10. The summed E-state index contributed by atoms with van der Waals surface area (Å²) < 4.78 is 39.7. The minimum atomic E-state index is -3.61. The molecule has 0 unspecified atom stereocenters. The summed E-state index contributed by atoms with van der Waals surface area (Å²) in [7, 11) is -3.61. The van der Waals surface area contributed by atoms with E-state index in [1.165, 1.54) is 12.1 Å². The van der Waals surface area contributed by atoms with Crippen molar-refractivity contribution in [3.05, 3.63) is 58.3 Å². The van der Waals surface area contributed by atoms with Crippen molar-refractivity contribution in [2.24, 2.45) is 0 Å². The van der Waals surface area contributed by atoms with Crippen molar-refractivity contribution in [1.29, 1.82) is 0 Å². The lowest BCUT2D eigenvalue weighted by Gasteiger charge is -2.37. The van der Waals surface area contributed by atoms with Crippen LogP contribution in [0.3, 0.4) is 0 Å². The van der Waals surface area contributed by atoms with Crippen LogP contribution in [-0.4, -0.2) is 58.2 Å². The number of benzene rings is 2. The molecule has 29 heavy (non-hydrogen) atoms. The highest BCUT2D eigenvalue weighted by Gasteiger charge is 2.27. The Morgan fingerprint density at radius 2 is 1.72 bits per heavy atom. The molecule has 0 atom stereocenters. The molecule has 1 saturated heterocycles. The van der Waals surface area contributed by atoms with E-state index >= 15 is 0 Å². The lowest BCUT2D eigenvalue weighted by atomic mass is 10.2. The van der Waals surface area contributed by atoms with Crippen molar-refractivity contribution in [3.63, 3.8) is 0 Å². The molecule has 0 N–H and O–H groups in total. The van der Waals surface area contributed by atoms with E-state index in [-0.39, 0.29) is 18.3 Å². The van der Waals surface area contributed by atoms with Crippen LogP contribution in [-0.2, 0) is 14.8 Å². The average Bonchev–Trinajstić information content (AvgIpc) is 2.68. The van der Waals surface area contributed by atoms with Crippen LogP contribution in [0.4, 0.5) is 15.8 Å². The third kappa shape index (κ3) is 5.27. The Balaban J connectivity index is 1.67. The van der Waals surface area contributed by atoms with Crippen molar-refractivity contribution in [2.45, 2.75) is 6.92 Å². The standard InChI is InChI=1S/C20H23BrFN3O3S/c1-15-13-18(7-8-19(15)21)25(29(2,27)28)14-20(26)24-11-9-23(10-12-24)17-5-3-16(22)4-6-17/h3-8,13H,9-12,14H2,1-2H3. The lowest BCUT2D eigenvalue weighted by molar-refractivity contribution is -0.129. The number of carbonyl (C=O) groups is 1. The van der Waals surface area contributed by atoms with Gasteiger partial charge >= 0.3 is 0 Å². The molecule has 0 saturated carbocycles. The molecular weight excluding hydrogens is 461 g/mol. The number of hydrogen-bond acceptors (Lipinski definition) is 4. The smallest absolute Gasteiger partial charge is 0.243 e. The molecule has 3 rings (SSSR count). The van der Waals surface area contributed by atoms with Gasteiger partial charge in [-0.15, -0.1) is 0 Å².